The average molecular weight is 255 g/mol. The normalized spacial score (nSPS) is 18.2. The molecule has 1 saturated carbocycles. The third-order valence-electron chi connectivity index (χ3n) is 3.40. The molecule has 94 valence electrons. The SMILES string of the molecule is CC(C1CC1)n1nc(C(C)(C)C)c(C=O)c1Cl. The van der Waals surface area contributed by atoms with Crippen molar-refractivity contribution in [3.8, 4) is 0 Å². The maximum absolute atomic E-state index is 11.2. The van der Waals surface area contributed by atoms with Crippen LogP contribution in [0.15, 0.2) is 0 Å². The number of halogens is 1. The number of rotatable bonds is 3. The summed E-state index contributed by atoms with van der Waals surface area (Å²) in [6, 6.07) is 0.289. The molecule has 17 heavy (non-hydrogen) atoms. The van der Waals surface area contributed by atoms with Gasteiger partial charge in [0.15, 0.2) is 6.29 Å². The topological polar surface area (TPSA) is 34.9 Å². The molecule has 0 amide bonds. The van der Waals surface area contributed by atoms with Crippen LogP contribution in [0.2, 0.25) is 5.15 Å². The first-order chi connectivity index (χ1) is 7.86. The lowest BCUT2D eigenvalue weighted by Crippen LogP contribution is -2.16. The van der Waals surface area contributed by atoms with Gasteiger partial charge >= 0.3 is 0 Å². The number of nitrogens with zero attached hydrogens (tertiary/aromatic N) is 2. The standard InChI is InChI=1S/C13H19ClN2O/c1-8(9-5-6-9)16-12(14)10(7-17)11(15-16)13(2,3)4/h7-9H,5-6H2,1-4H3. The van der Waals surface area contributed by atoms with E-state index in [1.165, 1.54) is 12.8 Å². The summed E-state index contributed by atoms with van der Waals surface area (Å²) in [5.41, 5.74) is 1.19. The molecular weight excluding hydrogens is 236 g/mol. The molecule has 4 heteroatoms. The zero-order chi connectivity index (χ0) is 12.8. The van der Waals surface area contributed by atoms with Crippen LogP contribution in [0, 0.1) is 5.92 Å². The largest absolute Gasteiger partial charge is 0.298 e. The molecule has 0 aromatic carbocycles. The Hall–Kier alpha value is -0.830. The van der Waals surface area contributed by atoms with Gasteiger partial charge in [-0.1, -0.05) is 32.4 Å². The number of hydrogen-bond donors (Lipinski definition) is 0. The minimum atomic E-state index is -0.158. The molecule has 1 atom stereocenters. The molecule has 0 radical (unpaired) electrons. The first kappa shape index (κ1) is 12.6. The molecule has 1 unspecified atom stereocenters. The summed E-state index contributed by atoms with van der Waals surface area (Å²) < 4.78 is 1.82. The van der Waals surface area contributed by atoms with Gasteiger partial charge in [0.2, 0.25) is 0 Å². The van der Waals surface area contributed by atoms with Crippen LogP contribution in [-0.4, -0.2) is 16.1 Å². The van der Waals surface area contributed by atoms with E-state index in [4.69, 9.17) is 11.6 Å². The van der Waals surface area contributed by atoms with Gasteiger partial charge in [-0.05, 0) is 25.7 Å². The Kier molecular flexibility index (Phi) is 3.06. The first-order valence-corrected chi connectivity index (χ1v) is 6.47. The van der Waals surface area contributed by atoms with Gasteiger partial charge in [-0.2, -0.15) is 5.10 Å². The maximum atomic E-state index is 11.2. The van der Waals surface area contributed by atoms with Crippen LogP contribution in [-0.2, 0) is 5.41 Å². The molecule has 2 rings (SSSR count). The van der Waals surface area contributed by atoms with E-state index in [2.05, 4.69) is 12.0 Å². The molecule has 3 nitrogen and oxygen atoms in total. The molecule has 1 aromatic heterocycles. The fourth-order valence-electron chi connectivity index (χ4n) is 2.13. The van der Waals surface area contributed by atoms with E-state index in [1.54, 1.807) is 0 Å². The highest BCUT2D eigenvalue weighted by molar-refractivity contribution is 6.32. The molecule has 0 aliphatic heterocycles. The quantitative estimate of drug-likeness (QED) is 0.773. The van der Waals surface area contributed by atoms with Crippen molar-refractivity contribution in [1.82, 2.24) is 9.78 Å². The summed E-state index contributed by atoms with van der Waals surface area (Å²) in [7, 11) is 0. The van der Waals surface area contributed by atoms with Gasteiger partial charge in [-0.3, -0.25) is 4.79 Å². The summed E-state index contributed by atoms with van der Waals surface area (Å²) in [5.74, 6) is 0.666. The highest BCUT2D eigenvalue weighted by Crippen LogP contribution is 2.41. The van der Waals surface area contributed by atoms with E-state index in [-0.39, 0.29) is 11.5 Å². The second-order valence-corrected chi connectivity index (χ2v) is 6.30. The lowest BCUT2D eigenvalue weighted by molar-refractivity contribution is 0.112. The molecule has 1 heterocycles. The summed E-state index contributed by atoms with van der Waals surface area (Å²) in [6.45, 7) is 8.26. The first-order valence-electron chi connectivity index (χ1n) is 6.10. The number of aldehydes is 1. The third-order valence-corrected chi connectivity index (χ3v) is 3.78. The number of carbonyl (C=O) groups excluding carboxylic acids is 1. The minimum Gasteiger partial charge on any atom is -0.298 e. The second-order valence-electron chi connectivity index (χ2n) is 5.94. The van der Waals surface area contributed by atoms with Gasteiger partial charge in [-0.25, -0.2) is 4.68 Å². The molecular formula is C13H19ClN2O. The van der Waals surface area contributed by atoms with Crippen LogP contribution in [0.1, 0.15) is 62.6 Å². The van der Waals surface area contributed by atoms with Crippen molar-refractivity contribution < 1.29 is 4.79 Å². The predicted molar refractivity (Wildman–Crippen MR) is 68.8 cm³/mol. The summed E-state index contributed by atoms with van der Waals surface area (Å²) in [4.78, 5) is 11.2. The Balaban J connectivity index is 2.47. The Labute approximate surface area is 107 Å². The van der Waals surface area contributed by atoms with E-state index < -0.39 is 0 Å². The number of hydrogen-bond acceptors (Lipinski definition) is 2. The zero-order valence-electron chi connectivity index (χ0n) is 10.8. The highest BCUT2D eigenvalue weighted by Gasteiger charge is 2.34. The Morgan fingerprint density at radius 2 is 2.06 bits per heavy atom. The second kappa shape index (κ2) is 4.13. The van der Waals surface area contributed by atoms with E-state index in [0.29, 0.717) is 16.6 Å². The van der Waals surface area contributed by atoms with Crippen LogP contribution in [0.5, 0.6) is 0 Å². The average Bonchev–Trinajstić information content (AvgIpc) is 3.00. The van der Waals surface area contributed by atoms with Gasteiger partial charge < -0.3 is 0 Å². The van der Waals surface area contributed by atoms with Crippen molar-refractivity contribution in [3.63, 3.8) is 0 Å². The van der Waals surface area contributed by atoms with Crippen LogP contribution in [0.25, 0.3) is 0 Å². The van der Waals surface area contributed by atoms with Crippen molar-refractivity contribution in [2.45, 2.75) is 52.0 Å². The van der Waals surface area contributed by atoms with Gasteiger partial charge in [0, 0.05) is 5.41 Å². The third kappa shape index (κ3) is 2.25. The summed E-state index contributed by atoms with van der Waals surface area (Å²) >= 11 is 6.27. The van der Waals surface area contributed by atoms with E-state index >= 15 is 0 Å². The van der Waals surface area contributed by atoms with Crippen LogP contribution >= 0.6 is 11.6 Å². The number of carbonyl (C=O) groups is 1. The molecule has 1 fully saturated rings. The lowest BCUT2D eigenvalue weighted by atomic mass is 9.90. The molecule has 0 saturated heterocycles. The van der Waals surface area contributed by atoms with Crippen molar-refractivity contribution in [1.29, 1.82) is 0 Å². The van der Waals surface area contributed by atoms with Gasteiger partial charge in [0.05, 0.1) is 17.3 Å². The fourth-order valence-corrected chi connectivity index (χ4v) is 2.46. The fraction of sp³-hybridized carbons (Fsp3) is 0.692. The van der Waals surface area contributed by atoms with Crippen LogP contribution in [0.3, 0.4) is 0 Å². The van der Waals surface area contributed by atoms with E-state index in [9.17, 15) is 4.79 Å². The Morgan fingerprint density at radius 3 is 2.41 bits per heavy atom. The van der Waals surface area contributed by atoms with Crippen molar-refractivity contribution >= 4 is 17.9 Å². The molecule has 0 N–H and O–H groups in total. The highest BCUT2D eigenvalue weighted by atomic mass is 35.5. The smallest absolute Gasteiger partial charge is 0.155 e. The van der Waals surface area contributed by atoms with Gasteiger partial charge in [0.1, 0.15) is 5.15 Å². The maximum Gasteiger partial charge on any atom is 0.155 e. The van der Waals surface area contributed by atoms with E-state index in [0.717, 1.165) is 12.0 Å². The Bertz CT molecular complexity index is 441. The predicted octanol–water partition coefficient (Wildman–Crippen LogP) is 3.62. The zero-order valence-corrected chi connectivity index (χ0v) is 11.6. The Morgan fingerprint density at radius 1 is 1.47 bits per heavy atom. The summed E-state index contributed by atoms with van der Waals surface area (Å²) in [6.07, 6.45) is 3.29. The molecule has 1 aliphatic rings. The van der Waals surface area contributed by atoms with Crippen molar-refractivity contribution in [3.05, 3.63) is 16.4 Å². The monoisotopic (exact) mass is 254 g/mol. The van der Waals surface area contributed by atoms with E-state index in [1.807, 2.05) is 25.5 Å². The van der Waals surface area contributed by atoms with Crippen molar-refractivity contribution in [2.75, 3.05) is 0 Å². The van der Waals surface area contributed by atoms with Crippen LogP contribution < -0.4 is 0 Å². The van der Waals surface area contributed by atoms with Gasteiger partial charge in [0.25, 0.3) is 0 Å². The lowest BCUT2D eigenvalue weighted by Gasteiger charge is -2.16. The molecule has 0 spiro atoms. The van der Waals surface area contributed by atoms with Gasteiger partial charge in [-0.15, -0.1) is 0 Å². The summed E-state index contributed by atoms with van der Waals surface area (Å²) in [5, 5.41) is 5.06. The molecule has 1 aromatic rings. The van der Waals surface area contributed by atoms with Crippen molar-refractivity contribution in [2.24, 2.45) is 5.92 Å². The minimum absolute atomic E-state index is 0.158. The van der Waals surface area contributed by atoms with Crippen LogP contribution in [0.4, 0.5) is 0 Å². The molecule has 1 aliphatic carbocycles. The number of aromatic nitrogens is 2. The molecule has 0 bridgehead atoms.